The van der Waals surface area contributed by atoms with E-state index in [1.807, 2.05) is 23.1 Å². The van der Waals surface area contributed by atoms with Crippen molar-refractivity contribution < 1.29 is 0 Å². The van der Waals surface area contributed by atoms with E-state index in [0.29, 0.717) is 10.9 Å². The summed E-state index contributed by atoms with van der Waals surface area (Å²) in [6.45, 7) is 2.90. The summed E-state index contributed by atoms with van der Waals surface area (Å²) in [6, 6.07) is 4.12. The molecule has 4 rings (SSSR count). The van der Waals surface area contributed by atoms with E-state index in [0.717, 1.165) is 34.4 Å². The largest absolute Gasteiger partial charge is 0.263 e. The Morgan fingerprint density at radius 1 is 1.24 bits per heavy atom. The van der Waals surface area contributed by atoms with Crippen molar-refractivity contribution in [2.75, 3.05) is 0 Å². The van der Waals surface area contributed by atoms with Crippen LogP contribution in [0.2, 0.25) is 5.02 Å². The third-order valence-corrected chi connectivity index (χ3v) is 4.15. The maximum atomic E-state index is 6.09. The fourth-order valence-corrected chi connectivity index (χ4v) is 2.86. The first-order valence-electron chi connectivity index (χ1n) is 7.23. The average Bonchev–Trinajstić information content (AvgIpc) is 3.26. The Labute approximate surface area is 127 Å². The van der Waals surface area contributed by atoms with Gasteiger partial charge in [0.15, 0.2) is 5.65 Å². The summed E-state index contributed by atoms with van der Waals surface area (Å²) in [4.78, 5) is 9.03. The molecule has 21 heavy (non-hydrogen) atoms. The van der Waals surface area contributed by atoms with Crippen LogP contribution in [0.4, 0.5) is 0 Å². The zero-order valence-electron chi connectivity index (χ0n) is 11.8. The van der Waals surface area contributed by atoms with E-state index < -0.39 is 0 Å². The fraction of sp³-hybridized carbons (Fsp3) is 0.312. The normalized spacial score (nSPS) is 14.8. The number of rotatable bonds is 3. The summed E-state index contributed by atoms with van der Waals surface area (Å²) in [5.41, 5.74) is 4.26. The lowest BCUT2D eigenvalue weighted by molar-refractivity contribution is 0.675. The van der Waals surface area contributed by atoms with Crippen LogP contribution >= 0.6 is 11.6 Å². The van der Waals surface area contributed by atoms with E-state index in [1.165, 1.54) is 12.8 Å². The fourth-order valence-electron chi connectivity index (χ4n) is 2.68. The van der Waals surface area contributed by atoms with Gasteiger partial charge in [0.2, 0.25) is 0 Å². The first-order valence-corrected chi connectivity index (χ1v) is 7.61. The molecule has 0 aliphatic heterocycles. The number of nitrogens with zero attached hydrogens (tertiary/aromatic N) is 4. The third-order valence-electron chi connectivity index (χ3n) is 3.94. The van der Waals surface area contributed by atoms with Crippen molar-refractivity contribution in [1.82, 2.24) is 19.7 Å². The van der Waals surface area contributed by atoms with Gasteiger partial charge in [-0.1, -0.05) is 11.6 Å². The summed E-state index contributed by atoms with van der Waals surface area (Å²) in [5.74, 6) is 0.598. The predicted octanol–water partition coefficient (Wildman–Crippen LogP) is 4.04. The lowest BCUT2D eigenvalue weighted by Crippen LogP contribution is -1.99. The van der Waals surface area contributed by atoms with Gasteiger partial charge in [-0.25, -0.2) is 9.67 Å². The van der Waals surface area contributed by atoms with Crippen molar-refractivity contribution in [3.8, 4) is 11.1 Å². The maximum Gasteiger partial charge on any atom is 0.158 e. The van der Waals surface area contributed by atoms with Gasteiger partial charge in [-0.3, -0.25) is 4.98 Å². The Kier molecular flexibility index (Phi) is 2.93. The third kappa shape index (κ3) is 2.20. The molecule has 4 nitrogen and oxygen atoms in total. The molecular formula is C16H15ClN4. The van der Waals surface area contributed by atoms with E-state index in [1.54, 1.807) is 6.20 Å². The molecule has 0 radical (unpaired) electrons. The molecule has 0 unspecified atom stereocenters. The van der Waals surface area contributed by atoms with Crippen molar-refractivity contribution in [3.63, 3.8) is 0 Å². The molecule has 0 atom stereocenters. The van der Waals surface area contributed by atoms with Gasteiger partial charge < -0.3 is 0 Å². The van der Waals surface area contributed by atoms with Crippen LogP contribution in [0, 0.1) is 0 Å². The van der Waals surface area contributed by atoms with Crippen molar-refractivity contribution in [2.45, 2.75) is 32.2 Å². The number of fused-ring (bicyclic) bond motifs is 1. The molecule has 3 heterocycles. The van der Waals surface area contributed by atoms with Gasteiger partial charge in [0, 0.05) is 41.5 Å². The van der Waals surface area contributed by atoms with Crippen molar-refractivity contribution in [1.29, 1.82) is 0 Å². The van der Waals surface area contributed by atoms with Crippen molar-refractivity contribution >= 4 is 22.6 Å². The molecule has 0 spiro atoms. The predicted molar refractivity (Wildman–Crippen MR) is 83.4 cm³/mol. The highest BCUT2D eigenvalue weighted by Gasteiger charge is 2.27. The molecule has 0 aromatic carbocycles. The Morgan fingerprint density at radius 2 is 2.10 bits per heavy atom. The Balaban J connectivity index is 2.00. The smallest absolute Gasteiger partial charge is 0.158 e. The number of aromatic nitrogens is 4. The van der Waals surface area contributed by atoms with Crippen LogP contribution in [0.1, 0.15) is 31.4 Å². The number of pyridine rings is 2. The molecule has 1 aliphatic carbocycles. The number of halogens is 1. The first kappa shape index (κ1) is 12.8. The van der Waals surface area contributed by atoms with Gasteiger partial charge in [-0.05, 0) is 37.5 Å². The van der Waals surface area contributed by atoms with Crippen LogP contribution < -0.4 is 0 Å². The minimum Gasteiger partial charge on any atom is -0.263 e. The molecule has 3 aromatic heterocycles. The lowest BCUT2D eigenvalue weighted by Gasteiger charge is -2.08. The summed E-state index contributed by atoms with van der Waals surface area (Å²) >= 11 is 6.09. The number of hydrogen-bond acceptors (Lipinski definition) is 3. The van der Waals surface area contributed by atoms with Gasteiger partial charge in [0.25, 0.3) is 0 Å². The number of hydrogen-bond donors (Lipinski definition) is 0. The molecule has 0 bridgehead atoms. The standard InChI is InChI=1S/C16H15ClN4/c1-2-21-16-14(9-19-21)13(6-15(20-16)10-3-4-10)11-5-12(17)8-18-7-11/h5-10H,2-4H2,1H3. The Morgan fingerprint density at radius 3 is 2.81 bits per heavy atom. The van der Waals surface area contributed by atoms with Crippen LogP contribution in [0.3, 0.4) is 0 Å². The SMILES string of the molecule is CCn1ncc2c(-c3cncc(Cl)c3)cc(C3CC3)nc21. The molecule has 1 saturated carbocycles. The van der Waals surface area contributed by atoms with Gasteiger partial charge in [-0.15, -0.1) is 0 Å². The molecule has 0 saturated heterocycles. The maximum absolute atomic E-state index is 6.09. The van der Waals surface area contributed by atoms with Gasteiger partial charge in [0.1, 0.15) is 0 Å². The van der Waals surface area contributed by atoms with Crippen LogP contribution in [0.5, 0.6) is 0 Å². The molecule has 5 heteroatoms. The summed E-state index contributed by atoms with van der Waals surface area (Å²) in [6.07, 6.45) is 7.85. The quantitative estimate of drug-likeness (QED) is 0.733. The second-order valence-electron chi connectivity index (χ2n) is 5.46. The molecule has 1 fully saturated rings. The Hall–Kier alpha value is -1.94. The molecule has 0 amide bonds. The van der Waals surface area contributed by atoms with Crippen LogP contribution in [-0.2, 0) is 6.54 Å². The van der Waals surface area contributed by atoms with Crippen LogP contribution in [0.15, 0.2) is 30.7 Å². The molecule has 0 N–H and O–H groups in total. The highest BCUT2D eigenvalue weighted by atomic mass is 35.5. The molecule has 106 valence electrons. The van der Waals surface area contributed by atoms with E-state index in [-0.39, 0.29) is 0 Å². The molecule has 1 aliphatic rings. The first-order chi connectivity index (χ1) is 10.3. The number of aryl methyl sites for hydroxylation is 1. The zero-order valence-corrected chi connectivity index (χ0v) is 12.5. The molecular weight excluding hydrogens is 284 g/mol. The van der Waals surface area contributed by atoms with Crippen molar-refractivity contribution in [3.05, 3.63) is 41.4 Å². The van der Waals surface area contributed by atoms with E-state index >= 15 is 0 Å². The highest BCUT2D eigenvalue weighted by Crippen LogP contribution is 2.41. The topological polar surface area (TPSA) is 43.6 Å². The van der Waals surface area contributed by atoms with Crippen LogP contribution in [-0.4, -0.2) is 19.7 Å². The minimum atomic E-state index is 0.598. The van der Waals surface area contributed by atoms with Crippen LogP contribution in [0.25, 0.3) is 22.2 Å². The van der Waals surface area contributed by atoms with Gasteiger partial charge >= 0.3 is 0 Å². The average molecular weight is 299 g/mol. The van der Waals surface area contributed by atoms with E-state index in [2.05, 4.69) is 23.1 Å². The highest BCUT2D eigenvalue weighted by molar-refractivity contribution is 6.30. The van der Waals surface area contributed by atoms with Gasteiger partial charge in [-0.2, -0.15) is 5.10 Å². The van der Waals surface area contributed by atoms with Gasteiger partial charge in [0.05, 0.1) is 11.2 Å². The summed E-state index contributed by atoms with van der Waals surface area (Å²) < 4.78 is 1.95. The van der Waals surface area contributed by atoms with E-state index in [9.17, 15) is 0 Å². The zero-order chi connectivity index (χ0) is 14.4. The lowest BCUT2D eigenvalue weighted by atomic mass is 10.0. The Bertz CT molecular complexity index is 820. The second kappa shape index (κ2) is 4.81. The minimum absolute atomic E-state index is 0.598. The monoisotopic (exact) mass is 298 g/mol. The van der Waals surface area contributed by atoms with Crippen molar-refractivity contribution in [2.24, 2.45) is 0 Å². The second-order valence-corrected chi connectivity index (χ2v) is 5.89. The van der Waals surface area contributed by atoms with E-state index in [4.69, 9.17) is 16.6 Å². The summed E-state index contributed by atoms with van der Waals surface area (Å²) in [5, 5.41) is 6.15. The summed E-state index contributed by atoms with van der Waals surface area (Å²) in [7, 11) is 0. The molecule has 3 aromatic rings.